The number of carbonyl (C=O) groups is 1. The summed E-state index contributed by atoms with van der Waals surface area (Å²) in [5.74, 6) is 0.435. The largest absolute Gasteiger partial charge is 0.338 e. The molecule has 1 atom stereocenters. The summed E-state index contributed by atoms with van der Waals surface area (Å²) in [7, 11) is 1.84. The molecule has 0 spiro atoms. The molecule has 0 saturated carbocycles. The molecule has 1 amide bonds. The zero-order valence-corrected chi connectivity index (χ0v) is 12.8. The second kappa shape index (κ2) is 5.35. The molecule has 3 rings (SSSR count). The summed E-state index contributed by atoms with van der Waals surface area (Å²) in [6, 6.07) is 0. The summed E-state index contributed by atoms with van der Waals surface area (Å²) in [6.45, 7) is 5.51. The number of hydrogen-bond donors (Lipinski definition) is 1. The van der Waals surface area contributed by atoms with Crippen LogP contribution in [0.25, 0.3) is 0 Å². The van der Waals surface area contributed by atoms with Crippen molar-refractivity contribution in [2.24, 2.45) is 7.05 Å². The van der Waals surface area contributed by atoms with Crippen LogP contribution in [0.15, 0.2) is 12.4 Å². The molecule has 6 nitrogen and oxygen atoms in total. The highest BCUT2D eigenvalue weighted by molar-refractivity contribution is 5.95. The fraction of sp³-hybridized carbons (Fsp3) is 0.533. The van der Waals surface area contributed by atoms with Gasteiger partial charge in [0, 0.05) is 37.9 Å². The minimum atomic E-state index is 0.0856. The monoisotopic (exact) mass is 287 g/mol. The molecule has 1 saturated heterocycles. The van der Waals surface area contributed by atoms with Gasteiger partial charge in [0.2, 0.25) is 0 Å². The molecule has 6 heteroatoms. The number of aromatic nitrogens is 4. The molecule has 0 unspecified atom stereocenters. The molecular weight excluding hydrogens is 266 g/mol. The van der Waals surface area contributed by atoms with Gasteiger partial charge in [0.25, 0.3) is 5.91 Å². The Kier molecular flexibility index (Phi) is 3.53. The van der Waals surface area contributed by atoms with Gasteiger partial charge in [0.15, 0.2) is 0 Å². The zero-order valence-electron chi connectivity index (χ0n) is 12.8. The second-order valence-corrected chi connectivity index (χ2v) is 5.86. The normalized spacial score (nSPS) is 19.0. The second-order valence-electron chi connectivity index (χ2n) is 5.86. The van der Waals surface area contributed by atoms with Crippen LogP contribution in [-0.4, -0.2) is 43.9 Å². The highest BCUT2D eigenvalue weighted by Gasteiger charge is 2.28. The van der Waals surface area contributed by atoms with E-state index >= 15 is 0 Å². The van der Waals surface area contributed by atoms with Gasteiger partial charge in [-0.05, 0) is 32.3 Å². The molecule has 0 aliphatic carbocycles. The highest BCUT2D eigenvalue weighted by Crippen LogP contribution is 2.28. The summed E-state index contributed by atoms with van der Waals surface area (Å²) in [5.41, 5.74) is 3.84. The van der Waals surface area contributed by atoms with Crippen LogP contribution in [0.4, 0.5) is 0 Å². The van der Waals surface area contributed by atoms with E-state index in [-0.39, 0.29) is 5.91 Å². The van der Waals surface area contributed by atoms with Crippen molar-refractivity contribution < 1.29 is 4.79 Å². The molecule has 21 heavy (non-hydrogen) atoms. The molecule has 1 aliphatic rings. The van der Waals surface area contributed by atoms with Crippen molar-refractivity contribution in [2.75, 3.05) is 13.1 Å². The Labute approximate surface area is 124 Å². The Bertz CT molecular complexity index is 657. The summed E-state index contributed by atoms with van der Waals surface area (Å²) in [6.07, 6.45) is 5.77. The molecule has 0 aromatic carbocycles. The van der Waals surface area contributed by atoms with Crippen molar-refractivity contribution in [3.8, 4) is 0 Å². The summed E-state index contributed by atoms with van der Waals surface area (Å²) >= 11 is 0. The maximum Gasteiger partial charge on any atom is 0.257 e. The highest BCUT2D eigenvalue weighted by atomic mass is 16.2. The number of nitrogens with zero attached hydrogens (tertiary/aromatic N) is 4. The van der Waals surface area contributed by atoms with Gasteiger partial charge in [-0.1, -0.05) is 0 Å². The number of aryl methyl sites for hydroxylation is 3. The number of piperidine rings is 1. The van der Waals surface area contributed by atoms with E-state index in [1.165, 1.54) is 5.56 Å². The maximum absolute atomic E-state index is 12.7. The number of aromatic amines is 1. The molecule has 1 fully saturated rings. The topological polar surface area (TPSA) is 66.8 Å². The number of likely N-dealkylation sites (tertiary alicyclic amines) is 1. The number of nitrogens with one attached hydrogen (secondary N) is 1. The van der Waals surface area contributed by atoms with E-state index in [9.17, 15) is 4.79 Å². The van der Waals surface area contributed by atoms with Crippen molar-refractivity contribution in [3.05, 3.63) is 34.9 Å². The summed E-state index contributed by atoms with van der Waals surface area (Å²) in [5, 5.41) is 11.4. The van der Waals surface area contributed by atoms with Crippen LogP contribution >= 0.6 is 0 Å². The fourth-order valence-corrected chi connectivity index (χ4v) is 3.15. The van der Waals surface area contributed by atoms with Gasteiger partial charge in [0.1, 0.15) is 0 Å². The van der Waals surface area contributed by atoms with E-state index < -0.39 is 0 Å². The van der Waals surface area contributed by atoms with Gasteiger partial charge in [-0.2, -0.15) is 10.2 Å². The third-order valence-corrected chi connectivity index (χ3v) is 4.23. The third kappa shape index (κ3) is 2.57. The van der Waals surface area contributed by atoms with Crippen LogP contribution in [0.1, 0.15) is 46.1 Å². The van der Waals surface area contributed by atoms with Gasteiger partial charge >= 0.3 is 0 Å². The standard InChI is InChI=1S/C15H21N5O/c1-10-7-16-17-14(10)12-5-4-6-20(8-12)15(21)13-9-19(3)18-11(13)2/h7,9,12H,4-6,8H2,1-3H3,(H,16,17)/t12-/m1/s1. The van der Waals surface area contributed by atoms with Gasteiger partial charge in [0.05, 0.1) is 17.5 Å². The predicted molar refractivity (Wildman–Crippen MR) is 79.1 cm³/mol. The van der Waals surface area contributed by atoms with Gasteiger partial charge in [-0.15, -0.1) is 0 Å². The quantitative estimate of drug-likeness (QED) is 0.915. The number of amides is 1. The number of rotatable bonds is 2. The molecule has 2 aromatic rings. The van der Waals surface area contributed by atoms with Crippen LogP contribution < -0.4 is 0 Å². The van der Waals surface area contributed by atoms with Crippen LogP contribution in [0, 0.1) is 13.8 Å². The summed E-state index contributed by atoms with van der Waals surface area (Å²) < 4.78 is 1.70. The molecule has 1 N–H and O–H groups in total. The molecule has 112 valence electrons. The minimum absolute atomic E-state index is 0.0856. The van der Waals surface area contributed by atoms with Gasteiger partial charge in [-0.3, -0.25) is 14.6 Å². The average Bonchev–Trinajstić information content (AvgIpc) is 3.03. The smallest absolute Gasteiger partial charge is 0.257 e. The SMILES string of the molecule is Cc1cn[nH]c1[C@@H]1CCCN(C(=O)c2cn(C)nc2C)C1. The first-order valence-electron chi connectivity index (χ1n) is 7.35. The van der Waals surface area contributed by atoms with Crippen LogP contribution in [0.3, 0.4) is 0 Å². The van der Waals surface area contributed by atoms with Gasteiger partial charge < -0.3 is 4.90 Å². The molecule has 0 radical (unpaired) electrons. The Morgan fingerprint density at radius 3 is 2.86 bits per heavy atom. The van der Waals surface area contributed by atoms with Crippen molar-refractivity contribution >= 4 is 5.91 Å². The third-order valence-electron chi connectivity index (χ3n) is 4.23. The van der Waals surface area contributed by atoms with Crippen molar-refractivity contribution in [1.29, 1.82) is 0 Å². The molecule has 1 aliphatic heterocycles. The Hall–Kier alpha value is -2.11. The van der Waals surface area contributed by atoms with Crippen molar-refractivity contribution in [2.45, 2.75) is 32.6 Å². The Balaban J connectivity index is 1.79. The molecule has 2 aromatic heterocycles. The zero-order chi connectivity index (χ0) is 15.0. The van der Waals surface area contributed by atoms with E-state index in [0.29, 0.717) is 11.5 Å². The maximum atomic E-state index is 12.7. The lowest BCUT2D eigenvalue weighted by Gasteiger charge is -2.32. The lowest BCUT2D eigenvalue weighted by Crippen LogP contribution is -2.39. The predicted octanol–water partition coefficient (Wildman–Crippen LogP) is 1.78. The molecule has 3 heterocycles. The Morgan fingerprint density at radius 1 is 1.43 bits per heavy atom. The Morgan fingerprint density at radius 2 is 2.24 bits per heavy atom. The fourth-order valence-electron chi connectivity index (χ4n) is 3.15. The van der Waals surface area contributed by atoms with E-state index in [2.05, 4.69) is 22.2 Å². The van der Waals surface area contributed by atoms with Crippen LogP contribution in [0.2, 0.25) is 0 Å². The number of hydrogen-bond acceptors (Lipinski definition) is 3. The number of carbonyl (C=O) groups excluding carboxylic acids is 1. The summed E-state index contributed by atoms with van der Waals surface area (Å²) in [4.78, 5) is 14.6. The van der Waals surface area contributed by atoms with Crippen LogP contribution in [0.5, 0.6) is 0 Å². The van der Waals surface area contributed by atoms with E-state index in [1.807, 2.05) is 31.3 Å². The van der Waals surface area contributed by atoms with E-state index in [1.54, 1.807) is 4.68 Å². The molecular formula is C15H21N5O. The minimum Gasteiger partial charge on any atom is -0.338 e. The first-order valence-corrected chi connectivity index (χ1v) is 7.35. The van der Waals surface area contributed by atoms with Gasteiger partial charge in [-0.25, -0.2) is 0 Å². The van der Waals surface area contributed by atoms with E-state index in [4.69, 9.17) is 0 Å². The van der Waals surface area contributed by atoms with Crippen LogP contribution in [-0.2, 0) is 7.05 Å². The first kappa shape index (κ1) is 13.9. The first-order chi connectivity index (χ1) is 10.1. The average molecular weight is 287 g/mol. The van der Waals surface area contributed by atoms with E-state index in [0.717, 1.165) is 37.3 Å². The van der Waals surface area contributed by atoms with Crippen molar-refractivity contribution in [3.63, 3.8) is 0 Å². The lowest BCUT2D eigenvalue weighted by molar-refractivity contribution is 0.0705. The lowest BCUT2D eigenvalue weighted by atomic mass is 9.92. The van der Waals surface area contributed by atoms with Crippen molar-refractivity contribution in [1.82, 2.24) is 24.9 Å². The molecule has 0 bridgehead atoms. The number of H-pyrrole nitrogens is 1.